The van der Waals surface area contributed by atoms with Crippen molar-refractivity contribution in [2.75, 3.05) is 23.7 Å². The van der Waals surface area contributed by atoms with E-state index in [2.05, 4.69) is 20.3 Å². The lowest BCUT2D eigenvalue weighted by Gasteiger charge is -2.14. The molecular formula is C28H26ClN7O2S. The van der Waals surface area contributed by atoms with E-state index in [0.29, 0.717) is 40.2 Å². The van der Waals surface area contributed by atoms with Crippen LogP contribution in [0.15, 0.2) is 90.3 Å². The van der Waals surface area contributed by atoms with E-state index >= 15 is 0 Å². The molecule has 2 aromatic heterocycles. The molecule has 0 spiro atoms. The molecule has 0 aliphatic rings. The maximum atomic E-state index is 12.7. The summed E-state index contributed by atoms with van der Waals surface area (Å²) < 4.78 is 10.6. The Kier molecular flexibility index (Phi) is 8.45. The van der Waals surface area contributed by atoms with Gasteiger partial charge in [0.2, 0.25) is 0 Å². The number of hydrogen-bond acceptors (Lipinski definition) is 8. The fraction of sp³-hybridized carbons (Fsp3) is 0.143. The number of hydrogen-bond donors (Lipinski definition) is 3. The number of benzene rings is 3. The standard InChI is InChI=1S/C28H26ClN7O2S/c1-38-20-10-11-22(29)25(17-20)34-26-27(33-24-9-3-2-8-23(24)32-26)35-39-21-7-4-6-19(16-21)28(37)31-12-5-14-36-15-13-30-18-36/h2-4,6-11,13,15-18H,5,12,14H2,1H3,(H,31,37)(H,32,34)(H,33,35). The number of imidazole rings is 1. The molecule has 5 aromatic rings. The van der Waals surface area contributed by atoms with E-state index < -0.39 is 0 Å². The van der Waals surface area contributed by atoms with Crippen molar-refractivity contribution in [2.45, 2.75) is 17.9 Å². The molecule has 9 nitrogen and oxygen atoms in total. The molecular weight excluding hydrogens is 534 g/mol. The van der Waals surface area contributed by atoms with Crippen molar-refractivity contribution in [1.82, 2.24) is 24.8 Å². The SMILES string of the molecule is COc1ccc(Cl)c(Nc2nc3ccccc3nc2NSc2cccc(C(=O)NCCCn3ccnc3)c2)c1. The van der Waals surface area contributed by atoms with Crippen LogP contribution in [0.2, 0.25) is 5.02 Å². The number of carbonyl (C=O) groups is 1. The third-order valence-electron chi connectivity index (χ3n) is 5.80. The number of carbonyl (C=O) groups excluding carboxylic acids is 1. The number of anilines is 3. The monoisotopic (exact) mass is 559 g/mol. The van der Waals surface area contributed by atoms with Crippen molar-refractivity contribution < 1.29 is 9.53 Å². The van der Waals surface area contributed by atoms with Gasteiger partial charge in [-0.2, -0.15) is 0 Å². The minimum absolute atomic E-state index is 0.122. The van der Waals surface area contributed by atoms with Gasteiger partial charge in [-0.3, -0.25) is 4.79 Å². The Bertz CT molecular complexity index is 1580. The van der Waals surface area contributed by atoms with E-state index in [9.17, 15) is 4.79 Å². The second-order valence-electron chi connectivity index (χ2n) is 8.52. The van der Waals surface area contributed by atoms with Crippen molar-refractivity contribution in [3.63, 3.8) is 0 Å². The Balaban J connectivity index is 1.29. The summed E-state index contributed by atoms with van der Waals surface area (Å²) in [5.41, 5.74) is 2.70. The molecule has 0 saturated heterocycles. The third kappa shape index (κ3) is 6.78. The topological polar surface area (TPSA) is 106 Å². The number of methoxy groups -OCH3 is 1. The van der Waals surface area contributed by atoms with Gasteiger partial charge in [0.1, 0.15) is 5.75 Å². The molecule has 5 rings (SSSR count). The summed E-state index contributed by atoms with van der Waals surface area (Å²) in [6, 6.07) is 20.4. The highest BCUT2D eigenvalue weighted by Crippen LogP contribution is 2.33. The van der Waals surface area contributed by atoms with Gasteiger partial charge in [-0.25, -0.2) is 15.0 Å². The predicted octanol–water partition coefficient (Wildman–Crippen LogP) is 6.17. The molecule has 198 valence electrons. The van der Waals surface area contributed by atoms with Gasteiger partial charge in [-0.15, -0.1) is 0 Å². The van der Waals surface area contributed by atoms with Crippen LogP contribution in [0, 0.1) is 0 Å². The van der Waals surface area contributed by atoms with Crippen molar-refractivity contribution in [2.24, 2.45) is 0 Å². The smallest absolute Gasteiger partial charge is 0.251 e. The second-order valence-corrected chi connectivity index (χ2v) is 9.81. The van der Waals surface area contributed by atoms with Crippen molar-refractivity contribution >= 4 is 57.8 Å². The number of aromatic nitrogens is 4. The van der Waals surface area contributed by atoms with Gasteiger partial charge in [-0.1, -0.05) is 29.8 Å². The van der Waals surface area contributed by atoms with Crippen LogP contribution in [0.1, 0.15) is 16.8 Å². The number of nitrogens with zero attached hydrogens (tertiary/aromatic N) is 4. The zero-order valence-corrected chi connectivity index (χ0v) is 22.7. The maximum absolute atomic E-state index is 12.7. The molecule has 0 saturated carbocycles. The molecule has 3 aromatic carbocycles. The van der Waals surface area contributed by atoms with Gasteiger partial charge in [0, 0.05) is 42.0 Å². The molecule has 0 radical (unpaired) electrons. The lowest BCUT2D eigenvalue weighted by molar-refractivity contribution is 0.0952. The first kappa shape index (κ1) is 26.3. The van der Waals surface area contributed by atoms with Crippen LogP contribution < -0.4 is 20.1 Å². The summed E-state index contributed by atoms with van der Waals surface area (Å²) in [6.07, 6.45) is 6.22. The van der Waals surface area contributed by atoms with Gasteiger partial charge in [0.25, 0.3) is 5.91 Å². The molecule has 0 unspecified atom stereocenters. The van der Waals surface area contributed by atoms with Crippen molar-refractivity contribution in [1.29, 1.82) is 0 Å². The maximum Gasteiger partial charge on any atom is 0.251 e. The number of ether oxygens (including phenoxy) is 1. The van der Waals surface area contributed by atoms with Crippen LogP contribution in [0.25, 0.3) is 11.0 Å². The molecule has 0 bridgehead atoms. The van der Waals surface area contributed by atoms with E-state index in [1.165, 1.54) is 11.9 Å². The summed E-state index contributed by atoms with van der Waals surface area (Å²) in [5.74, 6) is 1.56. The highest BCUT2D eigenvalue weighted by Gasteiger charge is 2.13. The number of aryl methyl sites for hydroxylation is 1. The summed E-state index contributed by atoms with van der Waals surface area (Å²) in [4.78, 5) is 27.1. The number of para-hydroxylation sites is 2. The first-order chi connectivity index (χ1) is 19.1. The van der Waals surface area contributed by atoms with Gasteiger partial charge < -0.3 is 24.7 Å². The van der Waals surface area contributed by atoms with E-state index in [4.69, 9.17) is 26.3 Å². The first-order valence-electron chi connectivity index (χ1n) is 12.2. The molecule has 3 N–H and O–H groups in total. The number of halogens is 1. The molecule has 0 aliphatic heterocycles. The second kappa shape index (κ2) is 12.5. The number of rotatable bonds is 11. The number of fused-ring (bicyclic) bond motifs is 1. The third-order valence-corrected chi connectivity index (χ3v) is 6.91. The van der Waals surface area contributed by atoms with Crippen LogP contribution in [-0.4, -0.2) is 39.1 Å². The summed E-state index contributed by atoms with van der Waals surface area (Å²) in [6.45, 7) is 1.37. The predicted molar refractivity (Wildman–Crippen MR) is 156 cm³/mol. The van der Waals surface area contributed by atoms with E-state index in [1.54, 1.807) is 43.9 Å². The lowest BCUT2D eigenvalue weighted by Crippen LogP contribution is -2.25. The fourth-order valence-corrected chi connectivity index (χ4v) is 4.66. The zero-order chi connectivity index (χ0) is 27.0. The van der Waals surface area contributed by atoms with E-state index in [0.717, 1.165) is 28.9 Å². The first-order valence-corrected chi connectivity index (χ1v) is 13.4. The van der Waals surface area contributed by atoms with Gasteiger partial charge in [0.15, 0.2) is 11.6 Å². The lowest BCUT2D eigenvalue weighted by atomic mass is 10.2. The summed E-state index contributed by atoms with van der Waals surface area (Å²) >= 11 is 7.77. The quantitative estimate of drug-likeness (QED) is 0.130. The molecule has 0 aliphatic carbocycles. The van der Waals surface area contributed by atoms with Crippen molar-refractivity contribution in [3.05, 3.63) is 96.0 Å². The zero-order valence-electron chi connectivity index (χ0n) is 21.1. The van der Waals surface area contributed by atoms with E-state index in [1.807, 2.05) is 53.2 Å². The number of nitrogens with one attached hydrogen (secondary N) is 3. The normalized spacial score (nSPS) is 10.8. The van der Waals surface area contributed by atoms with Crippen molar-refractivity contribution in [3.8, 4) is 5.75 Å². The minimum Gasteiger partial charge on any atom is -0.497 e. The highest BCUT2D eigenvalue weighted by atomic mass is 35.5. The molecule has 39 heavy (non-hydrogen) atoms. The summed E-state index contributed by atoms with van der Waals surface area (Å²) in [7, 11) is 1.60. The van der Waals surface area contributed by atoms with Crippen LogP contribution >= 0.6 is 23.5 Å². The van der Waals surface area contributed by atoms with Crippen LogP contribution in [-0.2, 0) is 6.54 Å². The molecule has 0 atom stereocenters. The Morgan fingerprint density at radius 2 is 1.85 bits per heavy atom. The van der Waals surface area contributed by atoms with Crippen LogP contribution in [0.4, 0.5) is 17.3 Å². The van der Waals surface area contributed by atoms with Crippen LogP contribution in [0.5, 0.6) is 5.75 Å². The van der Waals surface area contributed by atoms with Gasteiger partial charge in [0.05, 0.1) is 35.2 Å². The number of amides is 1. The molecule has 1 amide bonds. The Labute approximate surface area is 235 Å². The van der Waals surface area contributed by atoms with Gasteiger partial charge >= 0.3 is 0 Å². The molecule has 11 heteroatoms. The van der Waals surface area contributed by atoms with E-state index in [-0.39, 0.29) is 5.91 Å². The minimum atomic E-state index is -0.122. The highest BCUT2D eigenvalue weighted by molar-refractivity contribution is 8.00. The average molecular weight is 560 g/mol. The van der Waals surface area contributed by atoms with Crippen LogP contribution in [0.3, 0.4) is 0 Å². The summed E-state index contributed by atoms with van der Waals surface area (Å²) in [5, 5.41) is 6.78. The molecule has 0 fully saturated rings. The fourth-order valence-electron chi connectivity index (χ4n) is 3.81. The van der Waals surface area contributed by atoms with Gasteiger partial charge in [-0.05, 0) is 60.8 Å². The molecule has 2 heterocycles. The average Bonchev–Trinajstić information content (AvgIpc) is 3.49. The Morgan fingerprint density at radius 1 is 1.03 bits per heavy atom. The Hall–Kier alpha value is -4.28. The Morgan fingerprint density at radius 3 is 2.62 bits per heavy atom. The largest absolute Gasteiger partial charge is 0.497 e.